The summed E-state index contributed by atoms with van der Waals surface area (Å²) in [7, 11) is 0. The van der Waals surface area contributed by atoms with E-state index in [1.165, 1.54) is 0 Å². The molecule has 1 saturated heterocycles. The fourth-order valence-corrected chi connectivity index (χ4v) is 1.09. The lowest BCUT2D eigenvalue weighted by Crippen LogP contribution is -2.46. The van der Waals surface area contributed by atoms with Crippen molar-refractivity contribution in [1.82, 2.24) is 10.4 Å². The van der Waals surface area contributed by atoms with Gasteiger partial charge in [0.05, 0.1) is 6.04 Å². The zero-order valence-corrected chi connectivity index (χ0v) is 8.06. The normalized spacial score (nSPS) is 18.7. The molecule has 1 fully saturated rings. The number of nitrogens with one attached hydrogen (secondary N) is 1. The van der Waals surface area contributed by atoms with Gasteiger partial charge in [-0.15, -0.1) is 12.4 Å². The Morgan fingerprint density at radius 3 is 2.83 bits per heavy atom. The van der Waals surface area contributed by atoms with E-state index in [9.17, 15) is 4.79 Å². The highest BCUT2D eigenvalue weighted by Gasteiger charge is 2.21. The molecular weight excluding hydrogens is 178 g/mol. The van der Waals surface area contributed by atoms with Crippen LogP contribution in [0.15, 0.2) is 0 Å². The van der Waals surface area contributed by atoms with Crippen molar-refractivity contribution in [3.05, 3.63) is 0 Å². The van der Waals surface area contributed by atoms with Crippen LogP contribution >= 0.6 is 12.4 Å². The van der Waals surface area contributed by atoms with Crippen LogP contribution in [0.2, 0.25) is 0 Å². The zero-order chi connectivity index (χ0) is 8.27. The van der Waals surface area contributed by atoms with Crippen molar-refractivity contribution < 1.29 is 4.79 Å². The van der Waals surface area contributed by atoms with E-state index in [0.717, 1.165) is 19.5 Å². The van der Waals surface area contributed by atoms with Gasteiger partial charge in [0.25, 0.3) is 5.91 Å². The summed E-state index contributed by atoms with van der Waals surface area (Å²) in [6.45, 7) is 3.60. The first-order chi connectivity index (χ1) is 5.25. The maximum absolute atomic E-state index is 11.3. The number of halogens is 1. The van der Waals surface area contributed by atoms with Crippen molar-refractivity contribution in [2.45, 2.75) is 25.8 Å². The van der Waals surface area contributed by atoms with Crippen LogP contribution in [0.25, 0.3) is 0 Å². The smallest absolute Gasteiger partial charge is 0.253 e. The van der Waals surface area contributed by atoms with Crippen LogP contribution in [0, 0.1) is 0 Å². The zero-order valence-electron chi connectivity index (χ0n) is 7.25. The molecule has 5 heteroatoms. The Labute approximate surface area is 78.9 Å². The Bertz CT molecular complexity index is 148. The van der Waals surface area contributed by atoms with Gasteiger partial charge in [0, 0.05) is 13.1 Å². The van der Waals surface area contributed by atoms with Crippen molar-refractivity contribution in [2.24, 2.45) is 5.73 Å². The summed E-state index contributed by atoms with van der Waals surface area (Å²) < 4.78 is 0. The first kappa shape index (κ1) is 11.7. The van der Waals surface area contributed by atoms with Gasteiger partial charge in [-0.3, -0.25) is 9.80 Å². The lowest BCUT2D eigenvalue weighted by atomic mass is 10.2. The third-order valence-electron chi connectivity index (χ3n) is 1.88. The quantitative estimate of drug-likeness (QED) is 0.643. The summed E-state index contributed by atoms with van der Waals surface area (Å²) in [6.07, 6.45) is 1.74. The average molecular weight is 194 g/mol. The van der Waals surface area contributed by atoms with Crippen molar-refractivity contribution >= 4 is 18.3 Å². The van der Waals surface area contributed by atoms with E-state index >= 15 is 0 Å². The molecule has 0 aromatic heterocycles. The van der Waals surface area contributed by atoms with Crippen molar-refractivity contribution in [3.8, 4) is 0 Å². The Morgan fingerprint density at radius 1 is 1.75 bits per heavy atom. The molecule has 0 aromatic carbocycles. The molecule has 1 atom stereocenters. The van der Waals surface area contributed by atoms with Crippen LogP contribution in [-0.2, 0) is 4.79 Å². The minimum atomic E-state index is -0.333. The third-order valence-corrected chi connectivity index (χ3v) is 1.88. The molecule has 12 heavy (non-hydrogen) atoms. The molecule has 1 unspecified atom stereocenters. The number of amides is 1. The number of hydrogen-bond donors (Lipinski definition) is 2. The first-order valence-corrected chi connectivity index (χ1v) is 4.06. The van der Waals surface area contributed by atoms with Gasteiger partial charge in [-0.25, -0.2) is 5.43 Å². The van der Waals surface area contributed by atoms with E-state index in [2.05, 4.69) is 5.43 Å². The van der Waals surface area contributed by atoms with Crippen molar-refractivity contribution in [1.29, 1.82) is 0 Å². The van der Waals surface area contributed by atoms with Gasteiger partial charge < -0.3 is 5.73 Å². The largest absolute Gasteiger partial charge is 0.320 e. The van der Waals surface area contributed by atoms with Crippen LogP contribution in [0.4, 0.5) is 0 Å². The number of hydrogen-bond acceptors (Lipinski definition) is 3. The lowest BCUT2D eigenvalue weighted by molar-refractivity contribution is -0.134. The molecule has 1 aliphatic heterocycles. The molecule has 0 spiro atoms. The summed E-state index contributed by atoms with van der Waals surface area (Å²) >= 11 is 0. The van der Waals surface area contributed by atoms with Crippen molar-refractivity contribution in [3.63, 3.8) is 0 Å². The lowest BCUT2D eigenvalue weighted by Gasteiger charge is -2.18. The van der Waals surface area contributed by atoms with Crippen LogP contribution in [0.5, 0.6) is 0 Å². The fourth-order valence-electron chi connectivity index (χ4n) is 1.09. The Hall–Kier alpha value is -0.320. The Balaban J connectivity index is 0.00000121. The molecule has 0 aromatic rings. The minimum Gasteiger partial charge on any atom is -0.320 e. The fraction of sp³-hybridized carbons (Fsp3) is 0.857. The van der Waals surface area contributed by atoms with Crippen LogP contribution in [0.3, 0.4) is 0 Å². The second-order valence-electron chi connectivity index (χ2n) is 2.77. The minimum absolute atomic E-state index is 0. The number of rotatable bonds is 2. The molecule has 1 heterocycles. The van der Waals surface area contributed by atoms with Crippen LogP contribution in [0.1, 0.15) is 19.8 Å². The van der Waals surface area contributed by atoms with Gasteiger partial charge >= 0.3 is 0 Å². The highest BCUT2D eigenvalue weighted by molar-refractivity contribution is 5.85. The highest BCUT2D eigenvalue weighted by Crippen LogP contribution is 2.00. The third kappa shape index (κ3) is 2.62. The predicted octanol–water partition coefficient (Wildman–Crippen LogP) is -0.118. The van der Waals surface area contributed by atoms with Gasteiger partial charge in [-0.05, 0) is 12.8 Å². The molecule has 0 aliphatic carbocycles. The second kappa shape index (κ2) is 5.35. The van der Waals surface area contributed by atoms with Crippen LogP contribution in [-0.4, -0.2) is 30.0 Å². The van der Waals surface area contributed by atoms with Crippen molar-refractivity contribution in [2.75, 3.05) is 13.1 Å². The maximum atomic E-state index is 11.3. The summed E-state index contributed by atoms with van der Waals surface area (Å²) in [5, 5.41) is 1.62. The summed E-state index contributed by atoms with van der Waals surface area (Å²) in [5.74, 6) is 0.0185. The van der Waals surface area contributed by atoms with E-state index in [-0.39, 0.29) is 24.4 Å². The summed E-state index contributed by atoms with van der Waals surface area (Å²) in [5.41, 5.74) is 8.54. The van der Waals surface area contributed by atoms with Gasteiger partial charge in [0.1, 0.15) is 0 Å². The molecule has 0 radical (unpaired) electrons. The number of hydrazine groups is 1. The SMILES string of the molecule is CCC(N)C(=O)N1CCCN1.Cl. The highest BCUT2D eigenvalue weighted by atomic mass is 35.5. The summed E-state index contributed by atoms with van der Waals surface area (Å²) in [6, 6.07) is -0.333. The molecule has 3 N–H and O–H groups in total. The Morgan fingerprint density at radius 2 is 2.42 bits per heavy atom. The molecule has 72 valence electrons. The molecule has 1 rings (SSSR count). The second-order valence-corrected chi connectivity index (χ2v) is 2.77. The van der Waals surface area contributed by atoms with E-state index < -0.39 is 0 Å². The average Bonchev–Trinajstić information content (AvgIpc) is 2.53. The Kier molecular flexibility index (Phi) is 5.20. The maximum Gasteiger partial charge on any atom is 0.253 e. The van der Waals surface area contributed by atoms with Crippen LogP contribution < -0.4 is 11.2 Å². The van der Waals surface area contributed by atoms with Gasteiger partial charge in [0.15, 0.2) is 0 Å². The van der Waals surface area contributed by atoms with Gasteiger partial charge in [-0.2, -0.15) is 0 Å². The molecule has 4 nitrogen and oxygen atoms in total. The first-order valence-electron chi connectivity index (χ1n) is 4.06. The number of carbonyl (C=O) groups is 1. The van der Waals surface area contributed by atoms with E-state index in [0.29, 0.717) is 6.42 Å². The predicted molar refractivity (Wildman–Crippen MR) is 49.8 cm³/mol. The van der Waals surface area contributed by atoms with E-state index in [1.54, 1.807) is 5.01 Å². The molecular formula is C7H16ClN3O. The molecule has 1 amide bonds. The van der Waals surface area contributed by atoms with E-state index in [4.69, 9.17) is 5.73 Å². The summed E-state index contributed by atoms with van der Waals surface area (Å²) in [4.78, 5) is 11.3. The monoisotopic (exact) mass is 193 g/mol. The number of carbonyl (C=O) groups excluding carboxylic acids is 1. The molecule has 1 aliphatic rings. The molecule has 0 saturated carbocycles. The topological polar surface area (TPSA) is 58.4 Å². The number of nitrogens with zero attached hydrogens (tertiary/aromatic N) is 1. The van der Waals surface area contributed by atoms with E-state index in [1.807, 2.05) is 6.92 Å². The van der Waals surface area contributed by atoms with Gasteiger partial charge in [0.2, 0.25) is 0 Å². The standard InChI is InChI=1S/C7H15N3O.ClH/c1-2-6(8)7(11)10-5-3-4-9-10;/h6,9H,2-5,8H2,1H3;1H. The number of nitrogens with two attached hydrogens (primary N) is 1. The van der Waals surface area contributed by atoms with Gasteiger partial charge in [-0.1, -0.05) is 6.92 Å². The molecule has 0 bridgehead atoms.